The number of carbonyl (C=O) groups is 1. The van der Waals surface area contributed by atoms with Crippen LogP contribution < -0.4 is 15.4 Å². The van der Waals surface area contributed by atoms with E-state index >= 15 is 0 Å². The Morgan fingerprint density at radius 1 is 1.06 bits per heavy atom. The molecule has 0 atom stereocenters. The molecule has 0 aliphatic carbocycles. The molecule has 0 bridgehead atoms. The van der Waals surface area contributed by atoms with Crippen LogP contribution in [0, 0.1) is 0 Å². The molecule has 1 aliphatic rings. The zero-order valence-electron chi connectivity index (χ0n) is 19.5. The maximum Gasteiger partial charge on any atom is 0.253 e. The SMILES string of the molecule is CN=C(NCc1ccc(C(=O)N(C)C)cc1)NCC1(c2ccc(OC)cc2)CCOCC1. The fourth-order valence-electron chi connectivity index (χ4n) is 3.96. The van der Waals surface area contributed by atoms with E-state index in [1.165, 1.54) is 5.56 Å². The Morgan fingerprint density at radius 2 is 1.72 bits per heavy atom. The van der Waals surface area contributed by atoms with Crippen LogP contribution in [0.4, 0.5) is 0 Å². The Labute approximate surface area is 190 Å². The fourth-order valence-corrected chi connectivity index (χ4v) is 3.96. The number of aliphatic imine (C=N–C) groups is 1. The Bertz CT molecular complexity index is 902. The molecule has 0 aromatic heterocycles. The van der Waals surface area contributed by atoms with Crippen molar-refractivity contribution in [3.8, 4) is 5.75 Å². The number of rotatable bonds is 7. The number of guanidine groups is 1. The van der Waals surface area contributed by atoms with Crippen molar-refractivity contribution < 1.29 is 14.3 Å². The summed E-state index contributed by atoms with van der Waals surface area (Å²) in [6.45, 7) is 2.88. The Balaban J connectivity index is 1.62. The molecule has 7 heteroatoms. The number of methoxy groups -OCH3 is 1. The summed E-state index contributed by atoms with van der Waals surface area (Å²) in [5.41, 5.74) is 3.03. The first-order valence-electron chi connectivity index (χ1n) is 10.9. The van der Waals surface area contributed by atoms with Gasteiger partial charge < -0.3 is 25.0 Å². The highest BCUT2D eigenvalue weighted by Crippen LogP contribution is 2.35. The van der Waals surface area contributed by atoms with Gasteiger partial charge in [0, 0.05) is 58.4 Å². The molecule has 0 radical (unpaired) electrons. The Hall–Kier alpha value is -3.06. The molecule has 2 aromatic carbocycles. The highest BCUT2D eigenvalue weighted by atomic mass is 16.5. The van der Waals surface area contributed by atoms with Crippen molar-refractivity contribution in [1.82, 2.24) is 15.5 Å². The van der Waals surface area contributed by atoms with E-state index in [0.29, 0.717) is 12.1 Å². The number of hydrogen-bond acceptors (Lipinski definition) is 4. The van der Waals surface area contributed by atoms with Crippen LogP contribution in [0.1, 0.15) is 34.3 Å². The molecule has 172 valence electrons. The number of nitrogens with one attached hydrogen (secondary N) is 2. The van der Waals surface area contributed by atoms with Gasteiger partial charge >= 0.3 is 0 Å². The first kappa shape index (κ1) is 23.6. The normalized spacial score (nSPS) is 15.7. The summed E-state index contributed by atoms with van der Waals surface area (Å²) in [5, 5.41) is 6.89. The minimum atomic E-state index is -0.0175. The van der Waals surface area contributed by atoms with E-state index in [9.17, 15) is 4.79 Å². The van der Waals surface area contributed by atoms with Gasteiger partial charge in [0.25, 0.3) is 5.91 Å². The second kappa shape index (κ2) is 11.0. The van der Waals surface area contributed by atoms with Crippen molar-refractivity contribution in [2.24, 2.45) is 4.99 Å². The molecule has 32 heavy (non-hydrogen) atoms. The molecular formula is C25H34N4O3. The standard InChI is InChI=1S/C25H34N4O3/c1-26-24(27-17-19-5-7-20(8-6-19)23(30)29(2)3)28-18-25(13-15-32-16-14-25)21-9-11-22(31-4)12-10-21/h5-12H,13-18H2,1-4H3,(H2,26,27,28). The quantitative estimate of drug-likeness (QED) is 0.514. The highest BCUT2D eigenvalue weighted by Gasteiger charge is 2.34. The van der Waals surface area contributed by atoms with Crippen LogP contribution in [0.25, 0.3) is 0 Å². The van der Waals surface area contributed by atoms with E-state index in [4.69, 9.17) is 9.47 Å². The van der Waals surface area contributed by atoms with Crippen molar-refractivity contribution in [2.75, 3.05) is 48.0 Å². The molecule has 1 saturated heterocycles. The first-order chi connectivity index (χ1) is 15.5. The molecule has 0 saturated carbocycles. The van der Waals surface area contributed by atoms with E-state index in [1.807, 2.05) is 36.4 Å². The third-order valence-electron chi connectivity index (χ3n) is 6.04. The lowest BCUT2D eigenvalue weighted by Crippen LogP contribution is -2.47. The molecule has 1 amide bonds. The zero-order valence-corrected chi connectivity index (χ0v) is 19.5. The highest BCUT2D eigenvalue weighted by molar-refractivity contribution is 5.93. The lowest BCUT2D eigenvalue weighted by Gasteiger charge is -2.38. The molecular weight excluding hydrogens is 404 g/mol. The van der Waals surface area contributed by atoms with Gasteiger partial charge in [0.05, 0.1) is 7.11 Å². The number of ether oxygens (including phenoxy) is 2. The van der Waals surface area contributed by atoms with Crippen molar-refractivity contribution in [1.29, 1.82) is 0 Å². The number of hydrogen-bond donors (Lipinski definition) is 2. The van der Waals surface area contributed by atoms with Crippen LogP contribution in [0.15, 0.2) is 53.5 Å². The zero-order chi connectivity index (χ0) is 23.0. The minimum absolute atomic E-state index is 0.00211. The molecule has 0 spiro atoms. The monoisotopic (exact) mass is 438 g/mol. The molecule has 1 fully saturated rings. The van der Waals surface area contributed by atoms with Gasteiger partial charge in [-0.15, -0.1) is 0 Å². The van der Waals surface area contributed by atoms with Crippen molar-refractivity contribution in [3.63, 3.8) is 0 Å². The average molecular weight is 439 g/mol. The number of benzene rings is 2. The molecule has 3 rings (SSSR count). The van der Waals surface area contributed by atoms with Gasteiger partial charge in [-0.2, -0.15) is 0 Å². The summed E-state index contributed by atoms with van der Waals surface area (Å²) >= 11 is 0. The summed E-state index contributed by atoms with van der Waals surface area (Å²) in [6.07, 6.45) is 1.90. The second-order valence-electron chi connectivity index (χ2n) is 8.30. The number of amides is 1. The third kappa shape index (κ3) is 5.79. The molecule has 0 unspecified atom stereocenters. The maximum atomic E-state index is 12.1. The lowest BCUT2D eigenvalue weighted by atomic mass is 9.74. The summed E-state index contributed by atoms with van der Waals surface area (Å²) < 4.78 is 11.0. The predicted molar refractivity (Wildman–Crippen MR) is 127 cm³/mol. The molecule has 1 aliphatic heterocycles. The molecule has 2 N–H and O–H groups in total. The largest absolute Gasteiger partial charge is 0.497 e. The summed E-state index contributed by atoms with van der Waals surface area (Å²) in [7, 11) is 6.97. The van der Waals surface area contributed by atoms with Crippen LogP contribution in [-0.2, 0) is 16.7 Å². The third-order valence-corrected chi connectivity index (χ3v) is 6.04. The van der Waals surface area contributed by atoms with Crippen LogP contribution in [0.2, 0.25) is 0 Å². The van der Waals surface area contributed by atoms with E-state index in [0.717, 1.165) is 49.9 Å². The van der Waals surface area contributed by atoms with Gasteiger partial charge in [-0.25, -0.2) is 0 Å². The second-order valence-corrected chi connectivity index (χ2v) is 8.30. The Kier molecular flexibility index (Phi) is 8.11. The summed E-state index contributed by atoms with van der Waals surface area (Å²) in [6, 6.07) is 16.0. The summed E-state index contributed by atoms with van der Waals surface area (Å²) in [4.78, 5) is 18.0. The van der Waals surface area contributed by atoms with Gasteiger partial charge in [0.15, 0.2) is 5.96 Å². The summed E-state index contributed by atoms with van der Waals surface area (Å²) in [5.74, 6) is 1.61. The van der Waals surface area contributed by atoms with Crippen molar-refractivity contribution in [3.05, 3.63) is 65.2 Å². The first-order valence-corrected chi connectivity index (χ1v) is 10.9. The predicted octanol–water partition coefficient (Wildman–Crippen LogP) is 2.81. The smallest absolute Gasteiger partial charge is 0.253 e. The van der Waals surface area contributed by atoms with Crippen LogP contribution in [0.3, 0.4) is 0 Å². The van der Waals surface area contributed by atoms with Gasteiger partial charge in [0.2, 0.25) is 0 Å². The van der Waals surface area contributed by atoms with E-state index in [2.05, 4.69) is 27.8 Å². The van der Waals surface area contributed by atoms with E-state index in [1.54, 1.807) is 33.2 Å². The number of carbonyl (C=O) groups excluding carboxylic acids is 1. The Morgan fingerprint density at radius 3 is 2.28 bits per heavy atom. The van der Waals surface area contributed by atoms with Crippen LogP contribution in [0.5, 0.6) is 5.75 Å². The van der Waals surface area contributed by atoms with E-state index < -0.39 is 0 Å². The number of nitrogens with zero attached hydrogens (tertiary/aromatic N) is 2. The van der Waals surface area contributed by atoms with Crippen molar-refractivity contribution >= 4 is 11.9 Å². The minimum Gasteiger partial charge on any atom is -0.497 e. The van der Waals surface area contributed by atoms with Gasteiger partial charge in [0.1, 0.15) is 5.75 Å². The molecule has 1 heterocycles. The average Bonchev–Trinajstić information content (AvgIpc) is 2.84. The van der Waals surface area contributed by atoms with Gasteiger partial charge in [-0.3, -0.25) is 9.79 Å². The maximum absolute atomic E-state index is 12.1. The topological polar surface area (TPSA) is 75.2 Å². The van der Waals surface area contributed by atoms with Crippen LogP contribution in [-0.4, -0.2) is 64.8 Å². The van der Waals surface area contributed by atoms with Gasteiger partial charge in [-0.05, 0) is 48.2 Å². The fraction of sp³-hybridized carbons (Fsp3) is 0.440. The van der Waals surface area contributed by atoms with Gasteiger partial charge in [-0.1, -0.05) is 24.3 Å². The molecule has 2 aromatic rings. The van der Waals surface area contributed by atoms with E-state index in [-0.39, 0.29) is 11.3 Å². The molecule has 7 nitrogen and oxygen atoms in total. The van der Waals surface area contributed by atoms with Crippen LogP contribution >= 0.6 is 0 Å². The van der Waals surface area contributed by atoms with Crippen molar-refractivity contribution in [2.45, 2.75) is 24.8 Å². The lowest BCUT2D eigenvalue weighted by molar-refractivity contribution is 0.0513.